The highest BCUT2D eigenvalue weighted by atomic mass is 19.4. The van der Waals surface area contributed by atoms with Gasteiger partial charge in [-0.15, -0.1) is 13.2 Å². The van der Waals surface area contributed by atoms with Crippen molar-refractivity contribution in [2.75, 3.05) is 24.6 Å². The van der Waals surface area contributed by atoms with E-state index in [2.05, 4.69) is 15.0 Å². The highest BCUT2D eigenvalue weighted by Gasteiger charge is 2.40. The van der Waals surface area contributed by atoms with Crippen molar-refractivity contribution in [2.45, 2.75) is 51.3 Å². The first-order chi connectivity index (χ1) is 16.6. The lowest BCUT2D eigenvalue weighted by Gasteiger charge is -2.46. The molecular weight excluding hydrogens is 489 g/mol. The first-order valence-corrected chi connectivity index (χ1v) is 11.3. The number of fused-ring (bicyclic) bond motifs is 1. The molecule has 1 saturated heterocycles. The largest absolute Gasteiger partial charge is 0.573 e. The number of aromatic nitrogens is 1. The van der Waals surface area contributed by atoms with Crippen LogP contribution in [-0.4, -0.2) is 47.7 Å². The molecule has 0 radical (unpaired) electrons. The molecule has 0 spiro atoms. The predicted octanol–water partition coefficient (Wildman–Crippen LogP) is 4.30. The zero-order valence-corrected chi connectivity index (χ0v) is 19.8. The Balaban J connectivity index is 1.53. The Morgan fingerprint density at radius 3 is 2.61 bits per heavy atom. The van der Waals surface area contributed by atoms with Gasteiger partial charge in [0, 0.05) is 48.1 Å². The van der Waals surface area contributed by atoms with E-state index >= 15 is 0 Å². The van der Waals surface area contributed by atoms with Gasteiger partial charge in [-0.3, -0.25) is 9.78 Å². The van der Waals surface area contributed by atoms with Crippen molar-refractivity contribution in [1.82, 2.24) is 10.3 Å². The zero-order valence-electron chi connectivity index (χ0n) is 19.8. The van der Waals surface area contributed by atoms with Gasteiger partial charge >= 0.3 is 12.3 Å². The van der Waals surface area contributed by atoms with Gasteiger partial charge < -0.3 is 24.8 Å². The molecule has 2 N–H and O–H groups in total. The number of halogens is 5. The van der Waals surface area contributed by atoms with Gasteiger partial charge in [0.05, 0.1) is 23.8 Å². The molecule has 1 atom stereocenters. The molecule has 0 saturated carbocycles. The molecule has 7 nitrogen and oxygen atoms in total. The van der Waals surface area contributed by atoms with E-state index in [-0.39, 0.29) is 29.2 Å². The fourth-order valence-corrected chi connectivity index (χ4v) is 4.22. The molecule has 0 aliphatic carbocycles. The fourth-order valence-electron chi connectivity index (χ4n) is 4.22. The lowest BCUT2D eigenvalue weighted by molar-refractivity contribution is -0.274. The highest BCUT2D eigenvalue weighted by Crippen LogP contribution is 2.38. The molecule has 0 bridgehead atoms. The maximum atomic E-state index is 13.9. The average Bonchev–Trinajstić information content (AvgIpc) is 2.70. The molecule has 3 heterocycles. The van der Waals surface area contributed by atoms with E-state index in [0.29, 0.717) is 18.8 Å². The Hall–Kier alpha value is -2.99. The molecule has 2 aliphatic rings. The number of anilines is 1. The molecular formula is C24H26F5N3O4. The third-order valence-electron chi connectivity index (χ3n) is 6.40. The monoisotopic (exact) mass is 515 g/mol. The summed E-state index contributed by atoms with van der Waals surface area (Å²) in [5, 5.41) is 12.7. The Bertz CT molecular complexity index is 1140. The van der Waals surface area contributed by atoms with Gasteiger partial charge in [0.1, 0.15) is 18.1 Å². The smallest absolute Gasteiger partial charge is 0.405 e. The van der Waals surface area contributed by atoms with Gasteiger partial charge in [-0.05, 0) is 32.9 Å². The van der Waals surface area contributed by atoms with Crippen molar-refractivity contribution in [2.24, 2.45) is 5.92 Å². The molecule has 4 rings (SSSR count). The first kappa shape index (κ1) is 26.1. The highest BCUT2D eigenvalue weighted by molar-refractivity contribution is 5.94. The summed E-state index contributed by atoms with van der Waals surface area (Å²) in [6.45, 7) is 4.83. The second-order valence-electron chi connectivity index (χ2n) is 9.65. The van der Waals surface area contributed by atoms with E-state index in [1.807, 2.05) is 4.90 Å². The normalized spacial score (nSPS) is 18.8. The van der Waals surface area contributed by atoms with Crippen LogP contribution in [-0.2, 0) is 17.3 Å². The summed E-state index contributed by atoms with van der Waals surface area (Å²) in [4.78, 5) is 18.3. The van der Waals surface area contributed by atoms with E-state index in [1.165, 1.54) is 25.1 Å². The number of alkyl halides is 5. The standard InChI is InChI=1S/C24H26F5N3O4/c1-13(31-21(33)14-6-15-11-35-12-23(25,26)20(15)30-8-14)18-5-4-17(7-19(18)36-24(27,28)29)32-9-16(10-32)22(2,3)34/h4-8,13,16,34H,9-12H2,1-3H3,(H,31,33)/t13-/m0/s1. The lowest BCUT2D eigenvalue weighted by atomic mass is 9.84. The van der Waals surface area contributed by atoms with Gasteiger partial charge in [0.25, 0.3) is 5.91 Å². The topological polar surface area (TPSA) is 83.9 Å². The number of pyridine rings is 1. The molecule has 12 heteroatoms. The van der Waals surface area contributed by atoms with Gasteiger partial charge in [-0.25, -0.2) is 0 Å². The van der Waals surface area contributed by atoms with Gasteiger partial charge in [-0.2, -0.15) is 8.78 Å². The van der Waals surface area contributed by atoms with Gasteiger partial charge in [0.15, 0.2) is 0 Å². The number of aliphatic hydroxyl groups is 1. The summed E-state index contributed by atoms with van der Waals surface area (Å²) in [7, 11) is 0. The number of carbonyl (C=O) groups is 1. The average molecular weight is 515 g/mol. The Labute approximate surface area is 204 Å². The third kappa shape index (κ3) is 5.54. The van der Waals surface area contributed by atoms with Crippen molar-refractivity contribution < 1.29 is 41.3 Å². The van der Waals surface area contributed by atoms with Crippen LogP contribution < -0.4 is 15.0 Å². The third-order valence-corrected chi connectivity index (χ3v) is 6.40. The summed E-state index contributed by atoms with van der Waals surface area (Å²) in [6.07, 6.45) is -3.96. The van der Waals surface area contributed by atoms with Crippen molar-refractivity contribution in [3.63, 3.8) is 0 Å². The van der Waals surface area contributed by atoms with Crippen LogP contribution in [0.1, 0.15) is 54.0 Å². The van der Waals surface area contributed by atoms with Crippen LogP contribution in [0.25, 0.3) is 0 Å². The van der Waals surface area contributed by atoms with E-state index in [0.717, 1.165) is 6.20 Å². The number of amides is 1. The number of nitrogens with one attached hydrogen (secondary N) is 1. The van der Waals surface area contributed by atoms with E-state index < -0.39 is 47.9 Å². The van der Waals surface area contributed by atoms with Crippen LogP contribution in [0.2, 0.25) is 0 Å². The minimum atomic E-state index is -4.96. The number of nitrogens with zero attached hydrogens (tertiary/aromatic N) is 2. The summed E-state index contributed by atoms with van der Waals surface area (Å²) in [5.74, 6) is -4.48. The minimum absolute atomic E-state index is 0.0297. The summed E-state index contributed by atoms with van der Waals surface area (Å²) in [6, 6.07) is 4.60. The Morgan fingerprint density at radius 2 is 1.97 bits per heavy atom. The minimum Gasteiger partial charge on any atom is -0.405 e. The SMILES string of the molecule is C[C@H](NC(=O)c1cnc2c(c1)COCC2(F)F)c1ccc(N2CC(C(C)(C)O)C2)cc1OC(F)(F)F. The maximum Gasteiger partial charge on any atom is 0.573 e. The summed E-state index contributed by atoms with van der Waals surface area (Å²) in [5.41, 5.74) is -0.783. The molecule has 2 aliphatic heterocycles. The van der Waals surface area contributed by atoms with Gasteiger partial charge in [0.2, 0.25) is 0 Å². The van der Waals surface area contributed by atoms with Crippen LogP contribution in [0.4, 0.5) is 27.6 Å². The molecule has 1 aromatic carbocycles. The number of hydrogen-bond donors (Lipinski definition) is 2. The zero-order chi connectivity index (χ0) is 26.5. The fraction of sp³-hybridized carbons (Fsp3) is 0.500. The van der Waals surface area contributed by atoms with Crippen molar-refractivity contribution in [1.29, 1.82) is 0 Å². The number of hydrogen-bond acceptors (Lipinski definition) is 6. The van der Waals surface area contributed by atoms with Crippen LogP contribution >= 0.6 is 0 Å². The number of rotatable bonds is 6. The second kappa shape index (κ2) is 9.15. The van der Waals surface area contributed by atoms with Crippen molar-refractivity contribution >= 4 is 11.6 Å². The first-order valence-electron chi connectivity index (χ1n) is 11.3. The van der Waals surface area contributed by atoms with Crippen LogP contribution in [0.15, 0.2) is 30.5 Å². The van der Waals surface area contributed by atoms with E-state index in [1.54, 1.807) is 19.9 Å². The number of benzene rings is 1. The van der Waals surface area contributed by atoms with E-state index in [9.17, 15) is 31.9 Å². The molecule has 1 fully saturated rings. The Kier molecular flexibility index (Phi) is 6.63. The molecule has 2 aromatic rings. The van der Waals surface area contributed by atoms with Crippen LogP contribution in [0.3, 0.4) is 0 Å². The quantitative estimate of drug-likeness (QED) is 0.559. The van der Waals surface area contributed by atoms with Crippen molar-refractivity contribution in [3.8, 4) is 5.75 Å². The van der Waals surface area contributed by atoms with Crippen LogP contribution in [0, 0.1) is 5.92 Å². The van der Waals surface area contributed by atoms with Crippen LogP contribution in [0.5, 0.6) is 5.75 Å². The molecule has 36 heavy (non-hydrogen) atoms. The Morgan fingerprint density at radius 1 is 1.28 bits per heavy atom. The van der Waals surface area contributed by atoms with Gasteiger partial charge in [-0.1, -0.05) is 6.07 Å². The molecule has 1 aromatic heterocycles. The maximum absolute atomic E-state index is 13.9. The molecule has 0 unspecified atom stereocenters. The van der Waals surface area contributed by atoms with E-state index in [4.69, 9.17) is 4.74 Å². The lowest BCUT2D eigenvalue weighted by Crippen LogP contribution is -2.55. The summed E-state index contributed by atoms with van der Waals surface area (Å²) >= 11 is 0. The number of ether oxygens (including phenoxy) is 2. The second-order valence-corrected chi connectivity index (χ2v) is 9.65. The molecule has 1 amide bonds. The van der Waals surface area contributed by atoms with Crippen molar-refractivity contribution in [3.05, 3.63) is 52.8 Å². The molecule has 196 valence electrons. The number of carbonyl (C=O) groups excluding carboxylic acids is 1. The summed E-state index contributed by atoms with van der Waals surface area (Å²) < 4.78 is 76.4. The predicted molar refractivity (Wildman–Crippen MR) is 119 cm³/mol.